The lowest BCUT2D eigenvalue weighted by Crippen LogP contribution is -2.24. The van der Waals surface area contributed by atoms with Gasteiger partial charge in [-0.1, -0.05) is 31.2 Å². The molecule has 4 heteroatoms. The van der Waals surface area contributed by atoms with Crippen molar-refractivity contribution in [3.63, 3.8) is 0 Å². The van der Waals surface area contributed by atoms with E-state index in [1.54, 1.807) is 18.2 Å². The molecule has 0 saturated heterocycles. The molecule has 100 valence electrons. The van der Waals surface area contributed by atoms with Gasteiger partial charge in [-0.2, -0.15) is 0 Å². The van der Waals surface area contributed by atoms with Gasteiger partial charge in [0, 0.05) is 17.2 Å². The van der Waals surface area contributed by atoms with Crippen LogP contribution < -0.4 is 5.32 Å². The molecule has 2 rings (SSSR count). The molecule has 0 radical (unpaired) electrons. The lowest BCUT2D eigenvalue weighted by atomic mass is 9.97. The predicted octanol–water partition coefficient (Wildman–Crippen LogP) is 3.80. The average molecular weight is 265 g/mol. The van der Waals surface area contributed by atoms with Gasteiger partial charge in [0.05, 0.1) is 6.04 Å². The lowest BCUT2D eigenvalue weighted by Gasteiger charge is -2.20. The molecule has 0 spiro atoms. The van der Waals surface area contributed by atoms with E-state index in [-0.39, 0.29) is 5.56 Å². The van der Waals surface area contributed by atoms with E-state index in [4.69, 9.17) is 0 Å². The zero-order chi connectivity index (χ0) is 13.8. The maximum absolute atomic E-state index is 13.8. The molecular weight excluding hydrogens is 251 g/mol. The third-order valence-corrected chi connectivity index (χ3v) is 2.90. The van der Waals surface area contributed by atoms with Gasteiger partial charge in [-0.15, -0.1) is 0 Å². The van der Waals surface area contributed by atoms with E-state index in [2.05, 4.69) is 5.32 Å². The Morgan fingerprint density at radius 1 is 0.947 bits per heavy atom. The molecule has 19 heavy (non-hydrogen) atoms. The Balaban J connectivity index is 2.48. The molecule has 0 aromatic heterocycles. The van der Waals surface area contributed by atoms with Crippen LogP contribution in [-0.4, -0.2) is 6.54 Å². The van der Waals surface area contributed by atoms with Gasteiger partial charge < -0.3 is 5.32 Å². The standard InChI is InChI=1S/C15H14F3N/c1-2-19-15(11-5-3-4-6-13(11)17)12-8-7-10(16)9-14(12)18/h3-9,15,19H,2H2,1H3. The van der Waals surface area contributed by atoms with Crippen molar-refractivity contribution in [2.45, 2.75) is 13.0 Å². The molecule has 2 aromatic carbocycles. The molecule has 0 bridgehead atoms. The van der Waals surface area contributed by atoms with Crippen LogP contribution in [0, 0.1) is 17.5 Å². The Labute approximate surface area is 110 Å². The minimum absolute atomic E-state index is 0.230. The first kappa shape index (κ1) is 13.6. The molecule has 1 nitrogen and oxygen atoms in total. The molecule has 0 amide bonds. The van der Waals surface area contributed by atoms with Crippen LogP contribution in [0.15, 0.2) is 42.5 Å². The van der Waals surface area contributed by atoms with Crippen molar-refractivity contribution >= 4 is 0 Å². The Bertz CT molecular complexity index is 569. The summed E-state index contributed by atoms with van der Waals surface area (Å²) >= 11 is 0. The van der Waals surface area contributed by atoms with Gasteiger partial charge in [0.1, 0.15) is 17.5 Å². The first-order valence-electron chi connectivity index (χ1n) is 6.06. The van der Waals surface area contributed by atoms with Crippen molar-refractivity contribution in [1.29, 1.82) is 0 Å². The van der Waals surface area contributed by atoms with Crippen LogP contribution in [0.5, 0.6) is 0 Å². The fraction of sp³-hybridized carbons (Fsp3) is 0.200. The van der Waals surface area contributed by atoms with Gasteiger partial charge in [0.2, 0.25) is 0 Å². The molecule has 0 aliphatic rings. The molecule has 1 N–H and O–H groups in total. The highest BCUT2D eigenvalue weighted by atomic mass is 19.1. The van der Waals surface area contributed by atoms with Crippen LogP contribution in [0.3, 0.4) is 0 Å². The van der Waals surface area contributed by atoms with Crippen LogP contribution in [0.4, 0.5) is 13.2 Å². The van der Waals surface area contributed by atoms with Gasteiger partial charge in [-0.3, -0.25) is 0 Å². The second-order valence-corrected chi connectivity index (χ2v) is 4.18. The highest BCUT2D eigenvalue weighted by molar-refractivity contribution is 5.33. The van der Waals surface area contributed by atoms with Gasteiger partial charge >= 0.3 is 0 Å². The minimum Gasteiger partial charge on any atom is -0.306 e. The molecule has 0 aliphatic carbocycles. The summed E-state index contributed by atoms with van der Waals surface area (Å²) in [6, 6.07) is 8.85. The second-order valence-electron chi connectivity index (χ2n) is 4.18. The highest BCUT2D eigenvalue weighted by Crippen LogP contribution is 2.26. The van der Waals surface area contributed by atoms with Gasteiger partial charge in [0.25, 0.3) is 0 Å². The van der Waals surface area contributed by atoms with E-state index in [9.17, 15) is 13.2 Å². The van der Waals surface area contributed by atoms with Crippen molar-refractivity contribution in [1.82, 2.24) is 5.32 Å². The zero-order valence-electron chi connectivity index (χ0n) is 10.5. The molecular formula is C15H14F3N. The number of hydrogen-bond acceptors (Lipinski definition) is 1. The van der Waals surface area contributed by atoms with E-state index >= 15 is 0 Å². The monoisotopic (exact) mass is 265 g/mol. The quantitative estimate of drug-likeness (QED) is 0.886. The number of benzene rings is 2. The molecule has 2 aromatic rings. The molecule has 0 fully saturated rings. The minimum atomic E-state index is -0.686. The number of hydrogen-bond donors (Lipinski definition) is 1. The summed E-state index contributed by atoms with van der Waals surface area (Å²) in [5.74, 6) is -1.75. The first-order chi connectivity index (χ1) is 9.13. The van der Waals surface area contributed by atoms with Crippen molar-refractivity contribution in [3.05, 3.63) is 71.0 Å². The zero-order valence-corrected chi connectivity index (χ0v) is 10.5. The Morgan fingerprint density at radius 2 is 1.63 bits per heavy atom. The van der Waals surface area contributed by atoms with Gasteiger partial charge in [-0.05, 0) is 18.7 Å². The third kappa shape index (κ3) is 2.96. The maximum atomic E-state index is 13.8. The van der Waals surface area contributed by atoms with E-state index in [1.165, 1.54) is 18.2 Å². The van der Waals surface area contributed by atoms with Crippen LogP contribution >= 0.6 is 0 Å². The number of rotatable bonds is 4. The summed E-state index contributed by atoms with van der Waals surface area (Å²) in [4.78, 5) is 0. The van der Waals surface area contributed by atoms with Crippen molar-refractivity contribution in [3.8, 4) is 0 Å². The average Bonchev–Trinajstić information content (AvgIpc) is 2.38. The summed E-state index contributed by atoms with van der Waals surface area (Å²) in [5, 5.41) is 3.01. The fourth-order valence-corrected chi connectivity index (χ4v) is 2.04. The maximum Gasteiger partial charge on any atom is 0.131 e. The van der Waals surface area contributed by atoms with Gasteiger partial charge in [0.15, 0.2) is 0 Å². The molecule has 0 saturated carbocycles. The molecule has 1 unspecified atom stereocenters. The fourth-order valence-electron chi connectivity index (χ4n) is 2.04. The van der Waals surface area contributed by atoms with E-state index in [1.807, 2.05) is 6.92 Å². The highest BCUT2D eigenvalue weighted by Gasteiger charge is 2.20. The Morgan fingerprint density at radius 3 is 2.26 bits per heavy atom. The van der Waals surface area contributed by atoms with Crippen LogP contribution in [0.1, 0.15) is 24.1 Å². The van der Waals surface area contributed by atoms with Crippen LogP contribution in [0.2, 0.25) is 0 Å². The summed E-state index contributed by atoms with van der Waals surface area (Å²) in [5.41, 5.74) is 0.572. The smallest absolute Gasteiger partial charge is 0.131 e. The number of nitrogens with one attached hydrogen (secondary N) is 1. The topological polar surface area (TPSA) is 12.0 Å². The normalized spacial score (nSPS) is 12.4. The summed E-state index contributed by atoms with van der Waals surface area (Å²) in [6.07, 6.45) is 0. The molecule has 0 heterocycles. The van der Waals surface area contributed by atoms with E-state index < -0.39 is 23.5 Å². The Hall–Kier alpha value is -1.81. The largest absolute Gasteiger partial charge is 0.306 e. The van der Waals surface area contributed by atoms with E-state index in [0.29, 0.717) is 12.1 Å². The summed E-state index contributed by atoms with van der Waals surface area (Å²) in [7, 11) is 0. The summed E-state index contributed by atoms with van der Waals surface area (Å²) in [6.45, 7) is 2.38. The Kier molecular flexibility index (Phi) is 4.22. The van der Waals surface area contributed by atoms with Crippen LogP contribution in [0.25, 0.3) is 0 Å². The van der Waals surface area contributed by atoms with Crippen molar-refractivity contribution < 1.29 is 13.2 Å². The van der Waals surface area contributed by atoms with Crippen LogP contribution in [-0.2, 0) is 0 Å². The lowest BCUT2D eigenvalue weighted by molar-refractivity contribution is 0.522. The van der Waals surface area contributed by atoms with E-state index in [0.717, 1.165) is 6.07 Å². The summed E-state index contributed by atoms with van der Waals surface area (Å²) < 4.78 is 40.6. The predicted molar refractivity (Wildman–Crippen MR) is 68.3 cm³/mol. The van der Waals surface area contributed by atoms with Gasteiger partial charge in [-0.25, -0.2) is 13.2 Å². The first-order valence-corrected chi connectivity index (χ1v) is 6.06. The molecule has 1 atom stereocenters. The van der Waals surface area contributed by atoms with Crippen molar-refractivity contribution in [2.24, 2.45) is 0 Å². The molecule has 0 aliphatic heterocycles. The van der Waals surface area contributed by atoms with Crippen molar-refractivity contribution in [2.75, 3.05) is 6.54 Å². The SMILES string of the molecule is CCNC(c1ccccc1F)c1ccc(F)cc1F. The third-order valence-electron chi connectivity index (χ3n) is 2.90. The number of halogens is 3. The second kappa shape index (κ2) is 5.89.